The molecule has 0 spiro atoms. The van der Waals surface area contributed by atoms with E-state index in [1.165, 1.54) is 27.9 Å². The third-order valence-corrected chi connectivity index (χ3v) is 4.16. The van der Waals surface area contributed by atoms with E-state index in [1.807, 2.05) is 0 Å². The molecule has 0 bridgehead atoms. The van der Waals surface area contributed by atoms with Gasteiger partial charge in [0.15, 0.2) is 5.82 Å². The zero-order valence-electron chi connectivity index (χ0n) is 14.2. The number of urea groups is 1. The van der Waals surface area contributed by atoms with Crippen molar-refractivity contribution in [3.63, 3.8) is 0 Å². The molecule has 1 aromatic heterocycles. The van der Waals surface area contributed by atoms with Crippen LogP contribution in [0.1, 0.15) is 5.56 Å². The highest BCUT2D eigenvalue weighted by Crippen LogP contribution is 2.08. The van der Waals surface area contributed by atoms with E-state index >= 15 is 0 Å². The van der Waals surface area contributed by atoms with Crippen molar-refractivity contribution in [1.82, 2.24) is 25.2 Å². The number of hydrogen-bond donors (Lipinski definition) is 3. The minimum absolute atomic E-state index is 0.00231. The summed E-state index contributed by atoms with van der Waals surface area (Å²) in [6, 6.07) is 5.50. The number of aromatic nitrogens is 3. The third-order valence-electron chi connectivity index (χ3n) is 3.23. The van der Waals surface area contributed by atoms with E-state index < -0.39 is 10.0 Å². The molecular weight excluding hydrogens is 362 g/mol. The predicted octanol–water partition coefficient (Wildman–Crippen LogP) is -0.665. The average molecular weight is 381 g/mol. The molecule has 0 radical (unpaired) electrons. The van der Waals surface area contributed by atoms with Crippen molar-refractivity contribution < 1.29 is 18.0 Å². The molecule has 0 aliphatic rings. The Bertz CT molecular complexity index is 890. The number of rotatable bonds is 6. The quantitative estimate of drug-likeness (QED) is 0.604. The van der Waals surface area contributed by atoms with Gasteiger partial charge in [0, 0.05) is 20.6 Å². The van der Waals surface area contributed by atoms with Crippen LogP contribution < -0.4 is 15.8 Å². The molecule has 140 valence electrons. The Kier molecular flexibility index (Phi) is 5.90. The fraction of sp³-hybridized carbons (Fsp3) is 0.286. The van der Waals surface area contributed by atoms with E-state index in [0.29, 0.717) is 5.56 Å². The molecular formula is C14H19N7O4S. The molecule has 2 rings (SSSR count). The highest BCUT2D eigenvalue weighted by atomic mass is 32.2. The molecule has 1 aromatic carbocycles. The molecule has 0 saturated carbocycles. The number of benzene rings is 1. The van der Waals surface area contributed by atoms with Gasteiger partial charge in [-0.1, -0.05) is 17.3 Å². The van der Waals surface area contributed by atoms with Gasteiger partial charge in [-0.3, -0.25) is 10.1 Å². The summed E-state index contributed by atoms with van der Waals surface area (Å²) < 4.78 is 23.6. The Labute approximate surface area is 150 Å². The van der Waals surface area contributed by atoms with Gasteiger partial charge in [0.05, 0.1) is 11.1 Å². The lowest BCUT2D eigenvalue weighted by Gasteiger charge is -2.09. The van der Waals surface area contributed by atoms with Crippen LogP contribution in [0.4, 0.5) is 10.6 Å². The summed E-state index contributed by atoms with van der Waals surface area (Å²) in [6.07, 6.45) is 1.43. The molecule has 0 aliphatic heterocycles. The lowest BCUT2D eigenvalue weighted by atomic mass is 10.2. The topological polar surface area (TPSA) is 152 Å². The lowest BCUT2D eigenvalue weighted by molar-refractivity contribution is -0.122. The molecule has 1 heterocycles. The molecule has 3 amide bonds. The minimum atomic E-state index is -3.74. The van der Waals surface area contributed by atoms with Crippen LogP contribution in [0.5, 0.6) is 0 Å². The number of anilines is 1. The molecule has 26 heavy (non-hydrogen) atoms. The van der Waals surface area contributed by atoms with Crippen molar-refractivity contribution in [3.05, 3.63) is 36.0 Å². The van der Waals surface area contributed by atoms with Crippen molar-refractivity contribution >= 4 is 27.8 Å². The fourth-order valence-electron chi connectivity index (χ4n) is 1.85. The van der Waals surface area contributed by atoms with E-state index in [1.54, 1.807) is 26.2 Å². The number of amides is 3. The Balaban J connectivity index is 1.85. The van der Waals surface area contributed by atoms with E-state index in [0.717, 1.165) is 0 Å². The SMILES string of the molecule is CN(C)C(=O)Nc1cn(CC(=O)NCc2ccc(S(N)(=O)=O)cc2)nn1. The number of primary sulfonamides is 1. The molecule has 0 unspecified atom stereocenters. The van der Waals surface area contributed by atoms with Gasteiger partial charge in [-0.25, -0.2) is 23.0 Å². The van der Waals surface area contributed by atoms with Crippen LogP contribution in [-0.4, -0.2) is 54.3 Å². The molecule has 0 fully saturated rings. The summed E-state index contributed by atoms with van der Waals surface area (Å²) in [4.78, 5) is 24.8. The Morgan fingerprint density at radius 1 is 1.23 bits per heavy atom. The maximum Gasteiger partial charge on any atom is 0.322 e. The lowest BCUT2D eigenvalue weighted by Crippen LogP contribution is -2.28. The van der Waals surface area contributed by atoms with Crippen molar-refractivity contribution in [1.29, 1.82) is 0 Å². The first-order valence-corrected chi connectivity index (χ1v) is 8.96. The summed E-state index contributed by atoms with van der Waals surface area (Å²) in [6.45, 7) is 0.128. The third kappa shape index (κ3) is 5.53. The Hall–Kier alpha value is -2.99. The van der Waals surface area contributed by atoms with Crippen LogP contribution in [0.3, 0.4) is 0 Å². The van der Waals surface area contributed by atoms with Crippen molar-refractivity contribution in [3.8, 4) is 0 Å². The van der Waals surface area contributed by atoms with Crippen LogP contribution in [0.25, 0.3) is 0 Å². The van der Waals surface area contributed by atoms with Crippen molar-refractivity contribution in [2.45, 2.75) is 18.0 Å². The van der Waals surface area contributed by atoms with Gasteiger partial charge in [0.1, 0.15) is 6.54 Å². The average Bonchev–Trinajstić information content (AvgIpc) is 2.99. The van der Waals surface area contributed by atoms with E-state index in [4.69, 9.17) is 5.14 Å². The number of carbonyl (C=O) groups is 2. The first kappa shape index (κ1) is 19.3. The smallest absolute Gasteiger partial charge is 0.322 e. The van der Waals surface area contributed by atoms with E-state index in [-0.39, 0.29) is 35.7 Å². The van der Waals surface area contributed by atoms with Gasteiger partial charge in [0.2, 0.25) is 15.9 Å². The van der Waals surface area contributed by atoms with E-state index in [9.17, 15) is 18.0 Å². The number of nitrogens with zero attached hydrogens (tertiary/aromatic N) is 4. The number of nitrogens with two attached hydrogens (primary N) is 1. The maximum absolute atomic E-state index is 11.9. The normalized spacial score (nSPS) is 11.0. The van der Waals surface area contributed by atoms with Gasteiger partial charge in [-0.15, -0.1) is 5.10 Å². The standard InChI is InChI=1S/C14H19N7O4S/c1-20(2)14(23)17-12-8-21(19-18-12)9-13(22)16-7-10-3-5-11(6-4-10)26(15,24)25/h3-6,8H,7,9H2,1-2H3,(H,16,22)(H,17,23)(H2,15,24,25). The maximum atomic E-state index is 11.9. The Morgan fingerprint density at radius 2 is 1.88 bits per heavy atom. The van der Waals surface area contributed by atoms with Crippen LogP contribution in [0.15, 0.2) is 35.4 Å². The largest absolute Gasteiger partial charge is 0.350 e. The van der Waals surface area contributed by atoms with Crippen molar-refractivity contribution in [2.75, 3.05) is 19.4 Å². The summed E-state index contributed by atoms with van der Waals surface area (Å²) >= 11 is 0. The minimum Gasteiger partial charge on any atom is -0.350 e. The second-order valence-electron chi connectivity index (χ2n) is 5.59. The second-order valence-corrected chi connectivity index (χ2v) is 7.15. The van der Waals surface area contributed by atoms with Crippen LogP contribution >= 0.6 is 0 Å². The molecule has 0 aliphatic carbocycles. The number of nitrogens with one attached hydrogen (secondary N) is 2. The number of sulfonamides is 1. The second kappa shape index (κ2) is 7.93. The zero-order chi connectivity index (χ0) is 19.3. The highest BCUT2D eigenvalue weighted by molar-refractivity contribution is 7.89. The molecule has 12 heteroatoms. The monoisotopic (exact) mass is 381 g/mol. The molecule has 0 saturated heterocycles. The summed E-state index contributed by atoms with van der Waals surface area (Å²) in [5, 5.41) is 17.7. The molecule has 0 atom stereocenters. The summed E-state index contributed by atoms with van der Waals surface area (Å²) in [5.41, 5.74) is 0.711. The predicted molar refractivity (Wildman–Crippen MR) is 92.4 cm³/mol. The highest BCUT2D eigenvalue weighted by Gasteiger charge is 2.10. The van der Waals surface area contributed by atoms with Gasteiger partial charge < -0.3 is 10.2 Å². The van der Waals surface area contributed by atoms with E-state index in [2.05, 4.69) is 20.9 Å². The number of hydrogen-bond acceptors (Lipinski definition) is 6. The fourth-order valence-corrected chi connectivity index (χ4v) is 2.37. The summed E-state index contributed by atoms with van der Waals surface area (Å²) in [7, 11) is -0.570. The van der Waals surface area contributed by atoms with Crippen molar-refractivity contribution in [2.24, 2.45) is 5.14 Å². The number of carbonyl (C=O) groups excluding carboxylic acids is 2. The van der Waals surface area contributed by atoms with Gasteiger partial charge >= 0.3 is 6.03 Å². The zero-order valence-corrected chi connectivity index (χ0v) is 15.0. The summed E-state index contributed by atoms with van der Waals surface area (Å²) in [5.74, 6) is -0.0917. The van der Waals surface area contributed by atoms with Crippen LogP contribution in [0.2, 0.25) is 0 Å². The first-order chi connectivity index (χ1) is 12.1. The van der Waals surface area contributed by atoms with Crippen LogP contribution in [-0.2, 0) is 27.9 Å². The molecule has 2 aromatic rings. The van der Waals surface area contributed by atoms with Gasteiger partial charge in [0.25, 0.3) is 0 Å². The Morgan fingerprint density at radius 3 is 2.46 bits per heavy atom. The van der Waals surface area contributed by atoms with Crippen LogP contribution in [0, 0.1) is 0 Å². The molecule has 11 nitrogen and oxygen atoms in total. The first-order valence-electron chi connectivity index (χ1n) is 7.42. The van der Waals surface area contributed by atoms with Gasteiger partial charge in [-0.2, -0.15) is 0 Å². The van der Waals surface area contributed by atoms with Gasteiger partial charge in [-0.05, 0) is 17.7 Å². The molecule has 4 N–H and O–H groups in total.